The van der Waals surface area contributed by atoms with Gasteiger partial charge in [-0.05, 0) is 27.6 Å². The molecule has 0 aliphatic carbocycles. The molecule has 2 N–H and O–H groups in total. The minimum Gasteiger partial charge on any atom is -0.359 e. The van der Waals surface area contributed by atoms with Crippen molar-refractivity contribution in [3.8, 4) is 0 Å². The van der Waals surface area contributed by atoms with Crippen LogP contribution in [-0.2, 0) is 9.59 Å². The summed E-state index contributed by atoms with van der Waals surface area (Å²) in [5.74, 6) is 0.0440. The molecule has 5 heteroatoms. The number of carbonyl (C=O) groups excluding carboxylic acids is 2. The summed E-state index contributed by atoms with van der Waals surface area (Å²) < 4.78 is 0. The van der Waals surface area contributed by atoms with Crippen LogP contribution in [0.4, 0.5) is 0 Å². The Balaban J connectivity index is -0.000000160. The Morgan fingerprint density at radius 2 is 1.38 bits per heavy atom. The van der Waals surface area contributed by atoms with Crippen LogP contribution in [0, 0.1) is 0 Å². The first-order valence-electron chi connectivity index (χ1n) is 5.39. The van der Waals surface area contributed by atoms with E-state index in [2.05, 4.69) is 36.6 Å². The Bertz CT molecular complexity index is 171. The van der Waals surface area contributed by atoms with Crippen LogP contribution < -0.4 is 10.6 Å². The van der Waals surface area contributed by atoms with Gasteiger partial charge in [-0.15, -0.1) is 0 Å². The summed E-state index contributed by atoms with van der Waals surface area (Å²) in [7, 11) is 5.71. The van der Waals surface area contributed by atoms with Crippen LogP contribution in [0.3, 0.4) is 0 Å². The third-order valence-corrected chi connectivity index (χ3v) is 1.41. The molecule has 0 saturated heterocycles. The van der Waals surface area contributed by atoms with Crippen molar-refractivity contribution in [2.24, 2.45) is 0 Å². The molecular weight excluding hydrogens is 206 g/mol. The van der Waals surface area contributed by atoms with Gasteiger partial charge in [-0.2, -0.15) is 0 Å². The van der Waals surface area contributed by atoms with Crippen molar-refractivity contribution in [1.82, 2.24) is 15.5 Å². The smallest absolute Gasteiger partial charge is 0.216 e. The Labute approximate surface area is 99.6 Å². The van der Waals surface area contributed by atoms with E-state index in [0.29, 0.717) is 0 Å². The van der Waals surface area contributed by atoms with Crippen LogP contribution in [0.1, 0.15) is 27.7 Å². The van der Waals surface area contributed by atoms with Gasteiger partial charge in [0, 0.05) is 27.4 Å². The van der Waals surface area contributed by atoms with E-state index in [9.17, 15) is 9.59 Å². The number of hydrogen-bond acceptors (Lipinski definition) is 3. The van der Waals surface area contributed by atoms with Crippen LogP contribution in [0.5, 0.6) is 0 Å². The fourth-order valence-electron chi connectivity index (χ4n) is 0.249. The van der Waals surface area contributed by atoms with Gasteiger partial charge in [-0.3, -0.25) is 9.59 Å². The molecular formula is C11H27N3O2. The second-order valence-corrected chi connectivity index (χ2v) is 3.29. The molecule has 0 aliphatic heterocycles. The highest BCUT2D eigenvalue weighted by Crippen LogP contribution is 1.63. The molecule has 0 aromatic rings. The lowest BCUT2D eigenvalue weighted by Gasteiger charge is -2.00. The topological polar surface area (TPSA) is 61.4 Å². The predicted octanol–water partition coefficient (Wildman–Crippen LogP) is 0.463. The summed E-state index contributed by atoms with van der Waals surface area (Å²) in [6.07, 6.45) is 0. The zero-order valence-electron chi connectivity index (χ0n) is 11.7. The molecule has 0 rings (SSSR count). The van der Waals surface area contributed by atoms with Gasteiger partial charge < -0.3 is 15.5 Å². The van der Waals surface area contributed by atoms with E-state index in [1.165, 1.54) is 13.8 Å². The SMILES string of the molecule is CCN(C)C.CCNC(C)=O.CNC(C)=O. The highest BCUT2D eigenvalue weighted by molar-refractivity contribution is 5.72. The van der Waals surface area contributed by atoms with Crippen molar-refractivity contribution in [2.75, 3.05) is 34.2 Å². The maximum Gasteiger partial charge on any atom is 0.216 e. The minimum absolute atomic E-state index is 0.00463. The Morgan fingerprint density at radius 3 is 1.38 bits per heavy atom. The molecule has 98 valence electrons. The average Bonchev–Trinajstić information content (AvgIpc) is 2.19. The molecule has 2 amide bonds. The number of nitrogens with one attached hydrogen (secondary N) is 2. The summed E-state index contributed by atoms with van der Waals surface area (Å²) in [5.41, 5.74) is 0. The molecule has 0 unspecified atom stereocenters. The van der Waals surface area contributed by atoms with Gasteiger partial charge in [-0.25, -0.2) is 0 Å². The summed E-state index contributed by atoms with van der Waals surface area (Å²) >= 11 is 0. The maximum absolute atomic E-state index is 9.93. The minimum atomic E-state index is 0.00463. The molecule has 0 fully saturated rings. The number of amides is 2. The lowest BCUT2D eigenvalue weighted by molar-refractivity contribution is -0.119. The molecule has 5 nitrogen and oxygen atoms in total. The van der Waals surface area contributed by atoms with Crippen molar-refractivity contribution in [3.63, 3.8) is 0 Å². The van der Waals surface area contributed by atoms with E-state index in [0.717, 1.165) is 13.1 Å². The summed E-state index contributed by atoms with van der Waals surface area (Å²) in [6, 6.07) is 0. The van der Waals surface area contributed by atoms with Gasteiger partial charge >= 0.3 is 0 Å². The Morgan fingerprint density at radius 1 is 1.06 bits per heavy atom. The van der Waals surface area contributed by atoms with Gasteiger partial charge in [-0.1, -0.05) is 6.92 Å². The second-order valence-electron chi connectivity index (χ2n) is 3.29. The van der Waals surface area contributed by atoms with Crippen LogP contribution in [0.15, 0.2) is 0 Å². The monoisotopic (exact) mass is 233 g/mol. The summed E-state index contributed by atoms with van der Waals surface area (Å²) in [5, 5.41) is 4.96. The average molecular weight is 233 g/mol. The molecule has 0 saturated carbocycles. The maximum atomic E-state index is 9.93. The fraction of sp³-hybridized carbons (Fsp3) is 0.818. The largest absolute Gasteiger partial charge is 0.359 e. The standard InChI is InChI=1S/C4H9NO.C4H11N.C3H7NO/c1-3-5-4(2)6;1-4-5(2)3;1-3(5)4-2/h3H2,1-2H3,(H,5,6);4H2,1-3H3;1-2H3,(H,4,5). The van der Waals surface area contributed by atoms with Gasteiger partial charge in [0.1, 0.15) is 0 Å². The predicted molar refractivity (Wildman–Crippen MR) is 68.3 cm³/mol. The van der Waals surface area contributed by atoms with Crippen LogP contribution in [0.25, 0.3) is 0 Å². The highest BCUT2D eigenvalue weighted by atomic mass is 16.1. The Hall–Kier alpha value is -1.10. The number of rotatable bonds is 2. The second kappa shape index (κ2) is 16.3. The first-order valence-corrected chi connectivity index (χ1v) is 5.39. The molecule has 0 radical (unpaired) electrons. The lowest BCUT2D eigenvalue weighted by atomic mass is 10.6. The van der Waals surface area contributed by atoms with Crippen molar-refractivity contribution in [2.45, 2.75) is 27.7 Å². The molecule has 0 aromatic heterocycles. The first kappa shape index (κ1) is 20.3. The summed E-state index contributed by atoms with van der Waals surface area (Å²) in [6.45, 7) is 8.86. The van der Waals surface area contributed by atoms with E-state index in [4.69, 9.17) is 0 Å². The summed E-state index contributed by atoms with van der Waals surface area (Å²) in [4.78, 5) is 21.8. The zero-order valence-corrected chi connectivity index (χ0v) is 11.7. The van der Waals surface area contributed by atoms with Gasteiger partial charge in [0.25, 0.3) is 0 Å². The van der Waals surface area contributed by atoms with Crippen molar-refractivity contribution in [3.05, 3.63) is 0 Å². The van der Waals surface area contributed by atoms with Crippen LogP contribution in [0.2, 0.25) is 0 Å². The van der Waals surface area contributed by atoms with E-state index in [-0.39, 0.29) is 11.8 Å². The molecule has 0 heterocycles. The highest BCUT2D eigenvalue weighted by Gasteiger charge is 1.79. The molecule has 0 aromatic carbocycles. The van der Waals surface area contributed by atoms with Crippen molar-refractivity contribution in [1.29, 1.82) is 0 Å². The zero-order chi connectivity index (χ0) is 13.6. The van der Waals surface area contributed by atoms with E-state index < -0.39 is 0 Å². The molecule has 0 atom stereocenters. The third-order valence-electron chi connectivity index (χ3n) is 1.41. The molecule has 16 heavy (non-hydrogen) atoms. The van der Waals surface area contributed by atoms with E-state index in [1.54, 1.807) is 7.05 Å². The normalized spacial score (nSPS) is 8.00. The van der Waals surface area contributed by atoms with Crippen LogP contribution in [-0.4, -0.2) is 50.9 Å². The van der Waals surface area contributed by atoms with Gasteiger partial charge in [0.05, 0.1) is 0 Å². The Kier molecular flexibility index (Phi) is 20.8. The van der Waals surface area contributed by atoms with Crippen molar-refractivity contribution < 1.29 is 9.59 Å². The van der Waals surface area contributed by atoms with Gasteiger partial charge in [0.2, 0.25) is 11.8 Å². The fourth-order valence-corrected chi connectivity index (χ4v) is 0.249. The lowest BCUT2D eigenvalue weighted by Crippen LogP contribution is -2.18. The number of hydrogen-bond donors (Lipinski definition) is 2. The van der Waals surface area contributed by atoms with Gasteiger partial charge in [0.15, 0.2) is 0 Å². The van der Waals surface area contributed by atoms with Crippen molar-refractivity contribution >= 4 is 11.8 Å². The molecule has 0 aliphatic rings. The first-order chi connectivity index (χ1) is 7.31. The molecule has 0 bridgehead atoms. The van der Waals surface area contributed by atoms with Crippen LogP contribution >= 0.6 is 0 Å². The van der Waals surface area contributed by atoms with E-state index in [1.807, 2.05) is 6.92 Å². The number of carbonyl (C=O) groups is 2. The van der Waals surface area contributed by atoms with E-state index >= 15 is 0 Å². The molecule has 0 spiro atoms. The quantitative estimate of drug-likeness (QED) is 0.728. The number of nitrogens with zero attached hydrogens (tertiary/aromatic N) is 1. The third kappa shape index (κ3) is 52.5.